The van der Waals surface area contributed by atoms with Crippen molar-refractivity contribution < 1.29 is 18.1 Å². The number of sulfonamides is 1. The van der Waals surface area contributed by atoms with Gasteiger partial charge in [-0.3, -0.25) is 14.9 Å². The van der Waals surface area contributed by atoms with Crippen LogP contribution in [0.25, 0.3) is 0 Å². The number of nitrogens with one attached hydrogen (secondary N) is 1. The van der Waals surface area contributed by atoms with Crippen LogP contribution in [0.1, 0.15) is 15.9 Å². The van der Waals surface area contributed by atoms with Gasteiger partial charge in [0.25, 0.3) is 11.6 Å². The van der Waals surface area contributed by atoms with Crippen LogP contribution in [0.3, 0.4) is 0 Å². The number of piperazine rings is 1. The maximum absolute atomic E-state index is 12.5. The average Bonchev–Trinajstić information content (AvgIpc) is 2.72. The van der Waals surface area contributed by atoms with Gasteiger partial charge in [-0.05, 0) is 36.9 Å². The molecule has 0 unspecified atom stereocenters. The molecule has 1 aliphatic rings. The zero-order valence-electron chi connectivity index (χ0n) is 16.4. The van der Waals surface area contributed by atoms with Gasteiger partial charge in [0.15, 0.2) is 0 Å². The van der Waals surface area contributed by atoms with Crippen molar-refractivity contribution in [3.8, 4) is 0 Å². The number of amides is 1. The minimum absolute atomic E-state index is 0.0207. The van der Waals surface area contributed by atoms with E-state index in [0.717, 1.165) is 13.1 Å². The number of nitro groups is 1. The first-order valence-electron chi connectivity index (χ1n) is 9.27. The fourth-order valence-corrected chi connectivity index (χ4v) is 3.72. The van der Waals surface area contributed by atoms with Crippen molar-refractivity contribution in [3.63, 3.8) is 0 Å². The summed E-state index contributed by atoms with van der Waals surface area (Å²) in [6, 6.07) is 10.3. The molecule has 3 rings (SSSR count). The van der Waals surface area contributed by atoms with Crippen molar-refractivity contribution >= 4 is 27.3 Å². The van der Waals surface area contributed by atoms with Crippen molar-refractivity contribution in [2.45, 2.75) is 11.4 Å². The highest BCUT2D eigenvalue weighted by Crippen LogP contribution is 2.30. The lowest BCUT2D eigenvalue weighted by molar-refractivity contribution is -0.384. The van der Waals surface area contributed by atoms with Gasteiger partial charge in [0.1, 0.15) is 5.69 Å². The standard InChI is InChI=1S/C19H23N5O5S/c1-22-8-10-23(11-9-22)17-7-4-15(12-18(17)24(26)27)19(25)21-13-14-2-5-16(6-3-14)30(20,28)29/h2-7,12H,8-11,13H2,1H3,(H,21,25)(H2,20,28,29). The third-order valence-electron chi connectivity index (χ3n) is 4.98. The van der Waals surface area contributed by atoms with Crippen LogP contribution in [0.2, 0.25) is 0 Å². The van der Waals surface area contributed by atoms with Crippen LogP contribution in [-0.4, -0.2) is 57.4 Å². The second kappa shape index (κ2) is 8.78. The number of hydrogen-bond donors (Lipinski definition) is 2. The number of carbonyl (C=O) groups excluding carboxylic acids is 1. The number of nitrogens with zero attached hydrogens (tertiary/aromatic N) is 3. The summed E-state index contributed by atoms with van der Waals surface area (Å²) in [5, 5.41) is 19.3. The van der Waals surface area contributed by atoms with Crippen LogP contribution in [0.5, 0.6) is 0 Å². The van der Waals surface area contributed by atoms with E-state index in [2.05, 4.69) is 10.2 Å². The number of carbonyl (C=O) groups is 1. The number of nitrogens with two attached hydrogens (primary N) is 1. The lowest BCUT2D eigenvalue weighted by atomic mass is 10.1. The first-order valence-corrected chi connectivity index (χ1v) is 10.8. The summed E-state index contributed by atoms with van der Waals surface area (Å²) in [5.41, 5.74) is 1.24. The molecule has 0 aromatic heterocycles. The largest absolute Gasteiger partial charge is 0.363 e. The van der Waals surface area contributed by atoms with Gasteiger partial charge in [-0.1, -0.05) is 12.1 Å². The molecular weight excluding hydrogens is 410 g/mol. The SMILES string of the molecule is CN1CCN(c2ccc(C(=O)NCc3ccc(S(N)(=O)=O)cc3)cc2[N+](=O)[O-])CC1. The molecule has 10 nitrogen and oxygen atoms in total. The average molecular weight is 433 g/mol. The molecule has 1 saturated heterocycles. The van der Waals surface area contributed by atoms with Gasteiger partial charge in [0.05, 0.1) is 9.82 Å². The molecule has 1 amide bonds. The van der Waals surface area contributed by atoms with Crippen molar-refractivity contribution in [2.75, 3.05) is 38.1 Å². The van der Waals surface area contributed by atoms with E-state index in [9.17, 15) is 23.3 Å². The molecule has 1 aliphatic heterocycles. The minimum Gasteiger partial charge on any atom is -0.363 e. The molecule has 11 heteroatoms. The topological polar surface area (TPSA) is 139 Å². The normalized spacial score (nSPS) is 15.1. The fraction of sp³-hybridized carbons (Fsp3) is 0.316. The zero-order valence-corrected chi connectivity index (χ0v) is 17.3. The summed E-state index contributed by atoms with van der Waals surface area (Å²) in [7, 11) is -1.78. The van der Waals surface area contributed by atoms with Gasteiger partial charge in [0.2, 0.25) is 10.0 Å². The molecule has 0 atom stereocenters. The fourth-order valence-electron chi connectivity index (χ4n) is 3.21. The molecule has 0 saturated carbocycles. The Balaban J connectivity index is 1.71. The van der Waals surface area contributed by atoms with E-state index in [1.165, 1.54) is 18.2 Å². The number of likely N-dealkylation sites (N-methyl/N-ethyl adjacent to an activating group) is 1. The first kappa shape index (κ1) is 21.7. The third kappa shape index (κ3) is 5.12. The van der Waals surface area contributed by atoms with Gasteiger partial charge in [-0.2, -0.15) is 0 Å². The summed E-state index contributed by atoms with van der Waals surface area (Å²) in [4.78, 5) is 27.7. The van der Waals surface area contributed by atoms with Gasteiger partial charge in [-0.25, -0.2) is 13.6 Å². The smallest absolute Gasteiger partial charge is 0.293 e. The molecular formula is C19H23N5O5S. The summed E-state index contributed by atoms with van der Waals surface area (Å²) in [6.45, 7) is 3.11. The van der Waals surface area contributed by atoms with E-state index < -0.39 is 20.9 Å². The van der Waals surface area contributed by atoms with Gasteiger partial charge >= 0.3 is 0 Å². The Morgan fingerprint density at radius 3 is 2.33 bits per heavy atom. The van der Waals surface area contributed by atoms with Crippen molar-refractivity contribution in [1.29, 1.82) is 0 Å². The number of anilines is 1. The Morgan fingerprint density at radius 2 is 1.77 bits per heavy atom. The molecule has 2 aromatic rings. The Labute approximate surface area is 174 Å². The summed E-state index contributed by atoms with van der Waals surface area (Å²) in [5.74, 6) is -0.460. The van der Waals surface area contributed by atoms with E-state index >= 15 is 0 Å². The lowest BCUT2D eigenvalue weighted by Crippen LogP contribution is -2.44. The second-order valence-corrected chi connectivity index (χ2v) is 8.68. The zero-order chi connectivity index (χ0) is 21.9. The molecule has 0 bridgehead atoms. The predicted molar refractivity (Wildman–Crippen MR) is 112 cm³/mol. The Hall–Kier alpha value is -3.02. The molecule has 0 aliphatic carbocycles. The van der Waals surface area contributed by atoms with Crippen molar-refractivity contribution in [1.82, 2.24) is 10.2 Å². The van der Waals surface area contributed by atoms with Crippen LogP contribution >= 0.6 is 0 Å². The Morgan fingerprint density at radius 1 is 1.13 bits per heavy atom. The highest BCUT2D eigenvalue weighted by molar-refractivity contribution is 7.89. The summed E-state index contributed by atoms with van der Waals surface area (Å²) < 4.78 is 22.6. The molecule has 0 spiro atoms. The highest BCUT2D eigenvalue weighted by atomic mass is 32.2. The van der Waals surface area contributed by atoms with E-state index in [1.54, 1.807) is 24.3 Å². The van der Waals surface area contributed by atoms with Crippen molar-refractivity contribution in [3.05, 3.63) is 63.7 Å². The van der Waals surface area contributed by atoms with Gasteiger partial charge < -0.3 is 15.1 Å². The van der Waals surface area contributed by atoms with Crippen LogP contribution in [0, 0.1) is 10.1 Å². The van der Waals surface area contributed by atoms with Crippen LogP contribution in [0.15, 0.2) is 47.4 Å². The number of primary sulfonamides is 1. The van der Waals surface area contributed by atoms with Gasteiger partial charge in [-0.15, -0.1) is 0 Å². The summed E-state index contributed by atoms with van der Waals surface area (Å²) in [6.07, 6.45) is 0. The van der Waals surface area contributed by atoms with Crippen LogP contribution < -0.4 is 15.4 Å². The second-order valence-electron chi connectivity index (χ2n) is 7.12. The molecule has 160 valence electrons. The Bertz CT molecular complexity index is 1050. The molecule has 3 N–H and O–H groups in total. The number of hydrogen-bond acceptors (Lipinski definition) is 7. The molecule has 1 fully saturated rings. The van der Waals surface area contributed by atoms with Crippen LogP contribution in [-0.2, 0) is 16.6 Å². The maximum Gasteiger partial charge on any atom is 0.293 e. The Kier molecular flexibility index (Phi) is 6.34. The molecule has 1 heterocycles. The highest BCUT2D eigenvalue weighted by Gasteiger charge is 2.24. The first-order chi connectivity index (χ1) is 14.1. The molecule has 2 aromatic carbocycles. The third-order valence-corrected chi connectivity index (χ3v) is 5.91. The molecule has 0 radical (unpaired) electrons. The van der Waals surface area contributed by atoms with Gasteiger partial charge in [0, 0.05) is 44.4 Å². The van der Waals surface area contributed by atoms with E-state index in [0.29, 0.717) is 24.3 Å². The maximum atomic E-state index is 12.5. The van der Waals surface area contributed by atoms with E-state index in [4.69, 9.17) is 5.14 Å². The van der Waals surface area contributed by atoms with E-state index in [-0.39, 0.29) is 22.7 Å². The minimum atomic E-state index is -3.78. The lowest BCUT2D eigenvalue weighted by Gasteiger charge is -2.33. The molecule has 30 heavy (non-hydrogen) atoms. The van der Waals surface area contributed by atoms with Crippen molar-refractivity contribution in [2.24, 2.45) is 5.14 Å². The summed E-state index contributed by atoms with van der Waals surface area (Å²) >= 11 is 0. The monoisotopic (exact) mass is 433 g/mol. The van der Waals surface area contributed by atoms with Crippen LogP contribution in [0.4, 0.5) is 11.4 Å². The number of nitro benzene ring substituents is 1. The number of rotatable bonds is 6. The number of benzene rings is 2. The predicted octanol–water partition coefficient (Wildman–Crippen LogP) is 0.924. The van der Waals surface area contributed by atoms with E-state index in [1.807, 2.05) is 11.9 Å². The quantitative estimate of drug-likeness (QED) is 0.510.